The van der Waals surface area contributed by atoms with Crippen LogP contribution in [0.25, 0.3) is 0 Å². The average Bonchev–Trinajstić information content (AvgIpc) is 2.86. The topological polar surface area (TPSA) is 29.5 Å². The molecule has 0 bridgehead atoms. The van der Waals surface area contributed by atoms with Crippen molar-refractivity contribution in [2.24, 2.45) is 0 Å². The van der Waals surface area contributed by atoms with Gasteiger partial charge in [0.1, 0.15) is 5.75 Å². The molecule has 1 aliphatic carbocycles. The molecule has 2 nitrogen and oxygen atoms in total. The molecule has 2 unspecified atom stereocenters. The molecule has 1 aromatic carbocycles. The van der Waals surface area contributed by atoms with Gasteiger partial charge >= 0.3 is 0 Å². The van der Waals surface area contributed by atoms with Crippen LogP contribution < -0.4 is 4.74 Å². The molecule has 2 heteroatoms. The smallest absolute Gasteiger partial charge is 0.122 e. The van der Waals surface area contributed by atoms with Crippen LogP contribution in [0.5, 0.6) is 5.75 Å². The Morgan fingerprint density at radius 1 is 1.21 bits per heavy atom. The van der Waals surface area contributed by atoms with Crippen molar-refractivity contribution in [1.29, 1.82) is 0 Å². The standard InChI is InChI=1S/C15H22O2.C2H6/c1-10(2)11-5-7-15(17-3)14(9-11)12-4-6-13(16)8-12;1-2/h5,7,9-10,12-13,16H,4,6,8H2,1-3H3;1-2H3. The minimum absolute atomic E-state index is 0.132. The van der Waals surface area contributed by atoms with Crippen LogP contribution in [0, 0.1) is 0 Å². The first kappa shape index (κ1) is 16.0. The van der Waals surface area contributed by atoms with E-state index in [1.54, 1.807) is 7.11 Å². The molecule has 0 aromatic heterocycles. The van der Waals surface area contributed by atoms with Crippen molar-refractivity contribution in [2.75, 3.05) is 7.11 Å². The Morgan fingerprint density at radius 3 is 2.37 bits per heavy atom. The van der Waals surface area contributed by atoms with E-state index >= 15 is 0 Å². The highest BCUT2D eigenvalue weighted by Crippen LogP contribution is 2.40. The van der Waals surface area contributed by atoms with Gasteiger partial charge in [-0.1, -0.05) is 39.8 Å². The highest BCUT2D eigenvalue weighted by Gasteiger charge is 2.26. The van der Waals surface area contributed by atoms with Crippen molar-refractivity contribution >= 4 is 0 Å². The summed E-state index contributed by atoms with van der Waals surface area (Å²) in [4.78, 5) is 0. The van der Waals surface area contributed by atoms with Gasteiger partial charge in [-0.25, -0.2) is 0 Å². The third-order valence-electron chi connectivity index (χ3n) is 3.77. The average molecular weight is 264 g/mol. The van der Waals surface area contributed by atoms with E-state index in [1.165, 1.54) is 11.1 Å². The normalized spacial score (nSPS) is 22.1. The highest BCUT2D eigenvalue weighted by atomic mass is 16.5. The minimum Gasteiger partial charge on any atom is -0.496 e. The van der Waals surface area contributed by atoms with Gasteiger partial charge in [0.2, 0.25) is 0 Å². The first-order chi connectivity index (χ1) is 9.11. The van der Waals surface area contributed by atoms with E-state index in [4.69, 9.17) is 4.74 Å². The Labute approximate surface area is 117 Å². The Morgan fingerprint density at radius 2 is 1.89 bits per heavy atom. The number of hydrogen-bond donors (Lipinski definition) is 1. The number of benzene rings is 1. The van der Waals surface area contributed by atoms with Gasteiger partial charge in [0, 0.05) is 0 Å². The van der Waals surface area contributed by atoms with Crippen LogP contribution in [-0.2, 0) is 0 Å². The van der Waals surface area contributed by atoms with Gasteiger partial charge in [0.25, 0.3) is 0 Å². The molecule has 1 saturated carbocycles. The Hall–Kier alpha value is -1.02. The fourth-order valence-corrected chi connectivity index (χ4v) is 2.67. The fraction of sp³-hybridized carbons (Fsp3) is 0.647. The van der Waals surface area contributed by atoms with E-state index in [9.17, 15) is 5.11 Å². The molecule has 0 aliphatic heterocycles. The maximum atomic E-state index is 9.66. The third-order valence-corrected chi connectivity index (χ3v) is 3.77. The first-order valence-electron chi connectivity index (χ1n) is 7.47. The summed E-state index contributed by atoms with van der Waals surface area (Å²) in [5.41, 5.74) is 2.62. The summed E-state index contributed by atoms with van der Waals surface area (Å²) in [5, 5.41) is 9.66. The van der Waals surface area contributed by atoms with Crippen molar-refractivity contribution < 1.29 is 9.84 Å². The summed E-state index contributed by atoms with van der Waals surface area (Å²) in [6, 6.07) is 6.46. The van der Waals surface area contributed by atoms with Crippen molar-refractivity contribution in [2.45, 2.75) is 64.9 Å². The van der Waals surface area contributed by atoms with E-state index in [0.717, 1.165) is 25.0 Å². The fourth-order valence-electron chi connectivity index (χ4n) is 2.67. The van der Waals surface area contributed by atoms with Crippen molar-refractivity contribution in [3.05, 3.63) is 29.3 Å². The van der Waals surface area contributed by atoms with Gasteiger partial charge < -0.3 is 9.84 Å². The summed E-state index contributed by atoms with van der Waals surface area (Å²) < 4.78 is 5.45. The van der Waals surface area contributed by atoms with Crippen molar-refractivity contribution in [1.82, 2.24) is 0 Å². The number of hydrogen-bond acceptors (Lipinski definition) is 2. The molecule has 0 amide bonds. The quantitative estimate of drug-likeness (QED) is 0.872. The van der Waals surface area contributed by atoms with Gasteiger partial charge in [0.15, 0.2) is 0 Å². The molecule has 0 heterocycles. The lowest BCUT2D eigenvalue weighted by atomic mass is 9.92. The Kier molecular flexibility index (Phi) is 6.36. The second-order valence-corrected chi connectivity index (χ2v) is 5.32. The van der Waals surface area contributed by atoms with E-state index < -0.39 is 0 Å². The molecule has 1 aliphatic rings. The lowest BCUT2D eigenvalue weighted by Gasteiger charge is -2.17. The number of methoxy groups -OCH3 is 1. The molecule has 2 rings (SSSR count). The summed E-state index contributed by atoms with van der Waals surface area (Å²) >= 11 is 0. The molecule has 2 atom stereocenters. The summed E-state index contributed by atoms with van der Waals surface area (Å²) in [6.07, 6.45) is 2.73. The Bertz CT molecular complexity index is 385. The zero-order chi connectivity index (χ0) is 14.4. The minimum atomic E-state index is -0.132. The maximum absolute atomic E-state index is 9.66. The zero-order valence-electron chi connectivity index (χ0n) is 12.9. The SMILES string of the molecule is CC.COc1ccc(C(C)C)cc1C1CCC(O)C1. The molecule has 19 heavy (non-hydrogen) atoms. The second kappa shape index (κ2) is 7.54. The summed E-state index contributed by atoms with van der Waals surface area (Å²) in [5.74, 6) is 1.96. The predicted octanol–water partition coefficient (Wildman–Crippen LogP) is 4.47. The second-order valence-electron chi connectivity index (χ2n) is 5.32. The Balaban J connectivity index is 0.000000861. The first-order valence-corrected chi connectivity index (χ1v) is 7.47. The van der Waals surface area contributed by atoms with Gasteiger partial charge in [0.05, 0.1) is 13.2 Å². The van der Waals surface area contributed by atoms with Crippen LogP contribution in [0.3, 0.4) is 0 Å². The monoisotopic (exact) mass is 264 g/mol. The largest absolute Gasteiger partial charge is 0.496 e. The van der Waals surface area contributed by atoms with Crippen LogP contribution in [0.1, 0.15) is 69.9 Å². The van der Waals surface area contributed by atoms with Gasteiger partial charge in [-0.15, -0.1) is 0 Å². The predicted molar refractivity (Wildman–Crippen MR) is 81.0 cm³/mol. The number of aliphatic hydroxyl groups is 1. The van der Waals surface area contributed by atoms with Crippen LogP contribution >= 0.6 is 0 Å². The number of ether oxygens (including phenoxy) is 1. The summed E-state index contributed by atoms with van der Waals surface area (Å²) in [6.45, 7) is 8.41. The van der Waals surface area contributed by atoms with Crippen LogP contribution in [0.15, 0.2) is 18.2 Å². The lowest BCUT2D eigenvalue weighted by Crippen LogP contribution is -2.02. The van der Waals surface area contributed by atoms with Crippen molar-refractivity contribution in [3.8, 4) is 5.75 Å². The molecule has 108 valence electrons. The molecular weight excluding hydrogens is 236 g/mol. The van der Waals surface area contributed by atoms with Crippen LogP contribution in [0.2, 0.25) is 0 Å². The van der Waals surface area contributed by atoms with E-state index in [0.29, 0.717) is 11.8 Å². The van der Waals surface area contributed by atoms with E-state index in [1.807, 2.05) is 13.8 Å². The number of aliphatic hydroxyl groups excluding tert-OH is 1. The molecule has 1 fully saturated rings. The molecule has 1 N–H and O–H groups in total. The van der Waals surface area contributed by atoms with E-state index in [2.05, 4.69) is 32.0 Å². The molecular formula is C17H28O2. The summed E-state index contributed by atoms with van der Waals surface area (Å²) in [7, 11) is 1.72. The van der Waals surface area contributed by atoms with E-state index in [-0.39, 0.29) is 6.10 Å². The zero-order valence-corrected chi connectivity index (χ0v) is 12.9. The van der Waals surface area contributed by atoms with Gasteiger partial charge in [-0.3, -0.25) is 0 Å². The molecule has 0 spiro atoms. The number of rotatable bonds is 3. The molecule has 1 aromatic rings. The van der Waals surface area contributed by atoms with Gasteiger partial charge in [-0.2, -0.15) is 0 Å². The van der Waals surface area contributed by atoms with Crippen molar-refractivity contribution in [3.63, 3.8) is 0 Å². The molecule has 0 saturated heterocycles. The maximum Gasteiger partial charge on any atom is 0.122 e. The van der Waals surface area contributed by atoms with Gasteiger partial charge in [-0.05, 0) is 48.3 Å². The molecule has 0 radical (unpaired) electrons. The highest BCUT2D eigenvalue weighted by molar-refractivity contribution is 5.41. The third kappa shape index (κ3) is 3.97. The lowest BCUT2D eigenvalue weighted by molar-refractivity contribution is 0.181. The van der Waals surface area contributed by atoms with Crippen LogP contribution in [0.4, 0.5) is 0 Å². The van der Waals surface area contributed by atoms with Crippen LogP contribution in [-0.4, -0.2) is 18.3 Å².